The van der Waals surface area contributed by atoms with E-state index in [-0.39, 0.29) is 5.92 Å². The molecule has 1 aliphatic rings. The maximum absolute atomic E-state index is 12.7. The van der Waals surface area contributed by atoms with Crippen molar-refractivity contribution in [1.29, 1.82) is 5.26 Å². The highest BCUT2D eigenvalue weighted by Gasteiger charge is 2.59. The number of hydrogen-bond acceptors (Lipinski definition) is 3. The number of hydrogen-bond donors (Lipinski definition) is 0. The molecule has 2 aromatic rings. The van der Waals surface area contributed by atoms with E-state index < -0.39 is 21.0 Å². The lowest BCUT2D eigenvalue weighted by Gasteiger charge is -2.04. The minimum Gasteiger partial charge on any atom is -0.223 e. The van der Waals surface area contributed by atoms with Gasteiger partial charge in [0.05, 0.1) is 22.1 Å². The Kier molecular flexibility index (Phi) is 3.30. The maximum Gasteiger partial charge on any atom is 0.183 e. The topological polar surface area (TPSA) is 57.9 Å². The molecule has 0 N–H and O–H groups in total. The first-order chi connectivity index (χ1) is 10.1. The Labute approximate surface area is 124 Å². The molecule has 106 valence electrons. The molecule has 3 rings (SSSR count). The van der Waals surface area contributed by atoms with E-state index in [4.69, 9.17) is 0 Å². The lowest BCUT2D eigenvalue weighted by atomic mass is 10.1. The second kappa shape index (κ2) is 5.01. The Morgan fingerprint density at radius 3 is 2.19 bits per heavy atom. The lowest BCUT2D eigenvalue weighted by molar-refractivity contribution is 0.593. The van der Waals surface area contributed by atoms with E-state index in [1.54, 1.807) is 30.3 Å². The third-order valence-electron chi connectivity index (χ3n) is 4.00. The molecule has 3 atom stereocenters. The summed E-state index contributed by atoms with van der Waals surface area (Å²) in [5.41, 5.74) is 2.05. The van der Waals surface area contributed by atoms with Crippen LogP contribution in [-0.2, 0) is 9.84 Å². The molecule has 0 radical (unpaired) electrons. The Balaban J connectivity index is 1.96. The molecule has 3 nitrogen and oxygen atoms in total. The molecule has 0 aromatic heterocycles. The number of sulfone groups is 1. The van der Waals surface area contributed by atoms with Gasteiger partial charge in [-0.25, -0.2) is 8.42 Å². The molecule has 0 amide bonds. The zero-order chi connectivity index (χ0) is 15.0. The largest absolute Gasteiger partial charge is 0.223 e. The van der Waals surface area contributed by atoms with Gasteiger partial charge >= 0.3 is 0 Å². The molecule has 21 heavy (non-hydrogen) atoms. The molecule has 0 saturated heterocycles. The van der Waals surface area contributed by atoms with Crippen molar-refractivity contribution in [3.63, 3.8) is 0 Å². The van der Waals surface area contributed by atoms with Crippen LogP contribution in [0.25, 0.3) is 0 Å². The number of rotatable bonds is 3. The first-order valence-corrected chi connectivity index (χ1v) is 8.35. The maximum atomic E-state index is 12.7. The van der Waals surface area contributed by atoms with Crippen molar-refractivity contribution in [2.75, 3.05) is 0 Å². The van der Waals surface area contributed by atoms with E-state index in [2.05, 4.69) is 6.07 Å². The van der Waals surface area contributed by atoms with Crippen molar-refractivity contribution in [3.05, 3.63) is 65.7 Å². The Morgan fingerprint density at radius 2 is 1.62 bits per heavy atom. The highest BCUT2D eigenvalue weighted by molar-refractivity contribution is 7.92. The van der Waals surface area contributed by atoms with Gasteiger partial charge in [-0.05, 0) is 24.6 Å². The molecule has 2 aromatic carbocycles. The fraction of sp³-hybridized carbons (Fsp3) is 0.235. The minimum atomic E-state index is -3.46. The van der Waals surface area contributed by atoms with Gasteiger partial charge in [0.15, 0.2) is 9.84 Å². The summed E-state index contributed by atoms with van der Waals surface area (Å²) in [7, 11) is -3.46. The minimum absolute atomic E-state index is 0.221. The van der Waals surface area contributed by atoms with Crippen LogP contribution in [0.5, 0.6) is 0 Å². The van der Waals surface area contributed by atoms with Crippen molar-refractivity contribution in [1.82, 2.24) is 0 Å². The van der Waals surface area contributed by atoms with Crippen molar-refractivity contribution in [2.24, 2.45) is 5.92 Å². The van der Waals surface area contributed by atoms with Gasteiger partial charge < -0.3 is 0 Å². The molecule has 1 aliphatic carbocycles. The van der Waals surface area contributed by atoms with Crippen molar-refractivity contribution in [2.45, 2.75) is 23.0 Å². The van der Waals surface area contributed by atoms with Crippen molar-refractivity contribution < 1.29 is 8.42 Å². The Bertz CT molecular complexity index is 789. The second-order valence-corrected chi connectivity index (χ2v) is 7.52. The van der Waals surface area contributed by atoms with Crippen LogP contribution in [-0.4, -0.2) is 13.7 Å². The number of aryl methyl sites for hydroxylation is 1. The van der Waals surface area contributed by atoms with Gasteiger partial charge in [-0.3, -0.25) is 0 Å². The average Bonchev–Trinajstić information content (AvgIpc) is 3.24. The Morgan fingerprint density at radius 1 is 1.00 bits per heavy atom. The van der Waals surface area contributed by atoms with Gasteiger partial charge in [0.2, 0.25) is 0 Å². The highest BCUT2D eigenvalue weighted by Crippen LogP contribution is 2.53. The molecule has 0 aliphatic heterocycles. The van der Waals surface area contributed by atoms with E-state index in [1.807, 2.05) is 31.2 Å². The molecule has 0 unspecified atom stereocenters. The van der Waals surface area contributed by atoms with Gasteiger partial charge in [-0.15, -0.1) is 0 Å². The van der Waals surface area contributed by atoms with Gasteiger partial charge in [0.25, 0.3) is 0 Å². The Hall–Kier alpha value is -2.12. The highest BCUT2D eigenvalue weighted by atomic mass is 32.2. The fourth-order valence-corrected chi connectivity index (χ4v) is 4.86. The number of nitrogens with zero attached hydrogens (tertiary/aromatic N) is 1. The molecular formula is C17H15NO2S. The van der Waals surface area contributed by atoms with E-state index >= 15 is 0 Å². The molecule has 0 bridgehead atoms. The predicted octanol–water partition coefficient (Wildman–Crippen LogP) is 3.07. The van der Waals surface area contributed by atoms with E-state index in [0.29, 0.717) is 4.90 Å². The van der Waals surface area contributed by atoms with Crippen LogP contribution in [0.1, 0.15) is 17.0 Å². The number of nitriles is 1. The van der Waals surface area contributed by atoms with E-state index in [9.17, 15) is 13.7 Å². The van der Waals surface area contributed by atoms with Gasteiger partial charge in [0.1, 0.15) is 0 Å². The summed E-state index contributed by atoms with van der Waals surface area (Å²) >= 11 is 0. The first kappa shape index (κ1) is 13.8. The molecule has 0 spiro atoms. The molecule has 4 heteroatoms. The predicted molar refractivity (Wildman–Crippen MR) is 80.4 cm³/mol. The fourth-order valence-electron chi connectivity index (χ4n) is 2.78. The summed E-state index contributed by atoms with van der Waals surface area (Å²) in [6.45, 7) is 1.98. The van der Waals surface area contributed by atoms with Gasteiger partial charge in [-0.1, -0.05) is 48.0 Å². The zero-order valence-electron chi connectivity index (χ0n) is 11.6. The van der Waals surface area contributed by atoms with Crippen LogP contribution in [0, 0.1) is 24.2 Å². The average molecular weight is 297 g/mol. The normalized spacial score (nSPS) is 24.3. The van der Waals surface area contributed by atoms with Crippen LogP contribution in [0.3, 0.4) is 0 Å². The summed E-state index contributed by atoms with van der Waals surface area (Å²) < 4.78 is 25.3. The summed E-state index contributed by atoms with van der Waals surface area (Å²) in [5, 5.41) is 8.63. The lowest BCUT2D eigenvalue weighted by Crippen LogP contribution is -2.10. The summed E-state index contributed by atoms with van der Waals surface area (Å²) in [6, 6.07) is 18.3. The molecule has 1 saturated carbocycles. The van der Waals surface area contributed by atoms with Crippen LogP contribution in [0.2, 0.25) is 0 Å². The summed E-state index contributed by atoms with van der Waals surface area (Å²) in [6.07, 6.45) is 0. The number of benzene rings is 2. The second-order valence-electron chi connectivity index (χ2n) is 5.41. The molecule has 1 fully saturated rings. The zero-order valence-corrected chi connectivity index (χ0v) is 12.4. The summed E-state index contributed by atoms with van der Waals surface area (Å²) in [4.78, 5) is 0.296. The van der Waals surface area contributed by atoms with Crippen molar-refractivity contribution >= 4 is 9.84 Å². The van der Waals surface area contributed by atoms with Crippen LogP contribution in [0.4, 0.5) is 0 Å². The van der Waals surface area contributed by atoms with Crippen LogP contribution >= 0.6 is 0 Å². The van der Waals surface area contributed by atoms with Crippen molar-refractivity contribution in [3.8, 4) is 6.07 Å². The first-order valence-electron chi connectivity index (χ1n) is 6.81. The van der Waals surface area contributed by atoms with Gasteiger partial charge in [0, 0.05) is 5.92 Å². The quantitative estimate of drug-likeness (QED) is 0.874. The summed E-state index contributed by atoms with van der Waals surface area (Å²) in [5.74, 6) is -0.682. The van der Waals surface area contributed by atoms with Crippen LogP contribution < -0.4 is 0 Å². The third-order valence-corrected chi connectivity index (χ3v) is 6.23. The molecular weight excluding hydrogens is 282 g/mol. The van der Waals surface area contributed by atoms with E-state index in [1.165, 1.54) is 0 Å². The standard InChI is InChI=1S/C17H15NO2S/c1-12-7-9-13(10-8-12)16-15(11-18)17(16)21(19,20)14-5-3-2-4-6-14/h2-10,15-17H,1H3/t15-,16+,17-/m0/s1. The monoisotopic (exact) mass is 297 g/mol. The van der Waals surface area contributed by atoms with E-state index in [0.717, 1.165) is 11.1 Å². The molecule has 0 heterocycles. The van der Waals surface area contributed by atoms with Gasteiger partial charge in [-0.2, -0.15) is 5.26 Å². The SMILES string of the molecule is Cc1ccc([C@@H]2[C@H](C#N)[C@@H]2S(=O)(=O)c2ccccc2)cc1. The smallest absolute Gasteiger partial charge is 0.183 e. The van der Waals surface area contributed by atoms with Crippen LogP contribution in [0.15, 0.2) is 59.5 Å². The third kappa shape index (κ3) is 2.34.